The van der Waals surface area contributed by atoms with Gasteiger partial charge in [0.05, 0.1) is 23.4 Å². The maximum Gasteiger partial charge on any atom is 0.268 e. The molecular formula is C28H24FN3O5. The van der Waals surface area contributed by atoms with E-state index in [1.165, 1.54) is 11.0 Å². The molecule has 5 rings (SSSR count). The van der Waals surface area contributed by atoms with E-state index in [1.807, 2.05) is 0 Å². The topological polar surface area (TPSA) is 96.0 Å². The second-order valence-electron chi connectivity index (χ2n) is 8.92. The first-order valence-corrected chi connectivity index (χ1v) is 11.9. The Morgan fingerprint density at radius 3 is 2.32 bits per heavy atom. The zero-order valence-corrected chi connectivity index (χ0v) is 20.1. The Morgan fingerprint density at radius 1 is 0.946 bits per heavy atom. The Morgan fingerprint density at radius 2 is 1.62 bits per heavy atom. The molecular weight excluding hydrogens is 477 g/mol. The SMILES string of the molecule is CC1Oc2ccc(NC(=O)CCCN3C(=O)c4ccccc4C3=O)cc2N(Cc2ccccc2F)C1=O. The zero-order valence-electron chi connectivity index (χ0n) is 20.1. The summed E-state index contributed by atoms with van der Waals surface area (Å²) in [6.07, 6.45) is -0.363. The molecule has 8 nitrogen and oxygen atoms in total. The van der Waals surface area contributed by atoms with E-state index in [9.17, 15) is 23.6 Å². The van der Waals surface area contributed by atoms with Gasteiger partial charge in [-0.25, -0.2) is 4.39 Å². The lowest BCUT2D eigenvalue weighted by molar-refractivity contribution is -0.125. The van der Waals surface area contributed by atoms with Crippen LogP contribution in [0.4, 0.5) is 15.8 Å². The number of nitrogens with one attached hydrogen (secondary N) is 1. The van der Waals surface area contributed by atoms with Crippen molar-refractivity contribution in [3.8, 4) is 5.75 Å². The molecule has 4 amide bonds. The monoisotopic (exact) mass is 501 g/mol. The van der Waals surface area contributed by atoms with Crippen molar-refractivity contribution in [1.29, 1.82) is 0 Å². The van der Waals surface area contributed by atoms with Crippen LogP contribution in [0.3, 0.4) is 0 Å². The first-order valence-electron chi connectivity index (χ1n) is 11.9. The standard InChI is InChI=1S/C28H24FN3O5/c1-17-26(34)32(16-18-7-2-5-10-22(18)29)23-15-19(12-13-24(23)37-17)30-25(33)11-6-14-31-27(35)20-8-3-4-9-21(20)28(31)36/h2-5,7-10,12-13,15,17H,6,11,14,16H2,1H3,(H,30,33). The van der Waals surface area contributed by atoms with Crippen LogP contribution in [0.25, 0.3) is 0 Å². The Labute approximate surface area is 212 Å². The van der Waals surface area contributed by atoms with E-state index in [1.54, 1.807) is 67.6 Å². The molecule has 0 spiro atoms. The average molecular weight is 502 g/mol. The van der Waals surface area contributed by atoms with Gasteiger partial charge < -0.3 is 15.0 Å². The number of hydrogen-bond donors (Lipinski definition) is 1. The average Bonchev–Trinajstić information content (AvgIpc) is 3.13. The minimum atomic E-state index is -0.734. The Balaban J connectivity index is 1.24. The minimum absolute atomic E-state index is 0.0177. The summed E-state index contributed by atoms with van der Waals surface area (Å²) in [7, 11) is 0. The third kappa shape index (κ3) is 4.67. The van der Waals surface area contributed by atoms with Crippen LogP contribution >= 0.6 is 0 Å². The number of carbonyl (C=O) groups excluding carboxylic acids is 4. The number of halogens is 1. The number of ether oxygens (including phenoxy) is 1. The number of hydrogen-bond acceptors (Lipinski definition) is 5. The van der Waals surface area contributed by atoms with Gasteiger partial charge in [0.1, 0.15) is 11.6 Å². The molecule has 37 heavy (non-hydrogen) atoms. The lowest BCUT2D eigenvalue weighted by Gasteiger charge is -2.33. The molecule has 1 atom stereocenters. The summed E-state index contributed by atoms with van der Waals surface area (Å²) in [6.45, 7) is 1.77. The molecule has 0 fully saturated rings. The van der Waals surface area contributed by atoms with Crippen LogP contribution < -0.4 is 15.0 Å². The highest BCUT2D eigenvalue weighted by Gasteiger charge is 2.35. The summed E-state index contributed by atoms with van der Waals surface area (Å²) in [5.41, 5.74) is 1.97. The summed E-state index contributed by atoms with van der Waals surface area (Å²) < 4.78 is 20.0. The van der Waals surface area contributed by atoms with E-state index in [0.717, 1.165) is 4.90 Å². The molecule has 0 aromatic heterocycles. The van der Waals surface area contributed by atoms with Crippen molar-refractivity contribution in [1.82, 2.24) is 4.90 Å². The number of benzene rings is 3. The zero-order chi connectivity index (χ0) is 26.1. The summed E-state index contributed by atoms with van der Waals surface area (Å²) in [6, 6.07) is 17.8. The van der Waals surface area contributed by atoms with Gasteiger partial charge in [-0.1, -0.05) is 30.3 Å². The van der Waals surface area contributed by atoms with Gasteiger partial charge >= 0.3 is 0 Å². The van der Waals surface area contributed by atoms with Gasteiger partial charge in [-0.05, 0) is 49.7 Å². The first kappa shape index (κ1) is 24.2. The lowest BCUT2D eigenvalue weighted by Crippen LogP contribution is -2.44. The van der Waals surface area contributed by atoms with Crippen molar-refractivity contribution in [2.24, 2.45) is 0 Å². The minimum Gasteiger partial charge on any atom is -0.479 e. The molecule has 3 aromatic carbocycles. The van der Waals surface area contributed by atoms with E-state index < -0.39 is 11.9 Å². The number of anilines is 2. The van der Waals surface area contributed by atoms with Crippen LogP contribution in [0.1, 0.15) is 46.0 Å². The van der Waals surface area contributed by atoms with E-state index in [4.69, 9.17) is 4.74 Å². The van der Waals surface area contributed by atoms with Crippen LogP contribution in [0, 0.1) is 5.82 Å². The fourth-order valence-corrected chi connectivity index (χ4v) is 4.51. The number of amides is 4. The van der Waals surface area contributed by atoms with Gasteiger partial charge in [-0.3, -0.25) is 24.1 Å². The van der Waals surface area contributed by atoms with Crippen LogP contribution in [0.15, 0.2) is 66.7 Å². The van der Waals surface area contributed by atoms with E-state index in [-0.39, 0.29) is 43.1 Å². The third-order valence-electron chi connectivity index (χ3n) is 6.40. The summed E-state index contributed by atoms with van der Waals surface area (Å²) in [5.74, 6) is -1.31. The molecule has 3 aromatic rings. The predicted octanol–water partition coefficient (Wildman–Crippen LogP) is 4.15. The van der Waals surface area contributed by atoms with E-state index in [0.29, 0.717) is 40.2 Å². The van der Waals surface area contributed by atoms with Gasteiger partial charge in [0.15, 0.2) is 6.10 Å². The molecule has 2 aliphatic rings. The van der Waals surface area contributed by atoms with Gasteiger partial charge in [0.2, 0.25) is 5.91 Å². The Bertz CT molecular complexity index is 1390. The molecule has 0 bridgehead atoms. The summed E-state index contributed by atoms with van der Waals surface area (Å²) >= 11 is 0. The lowest BCUT2D eigenvalue weighted by atomic mass is 10.1. The quantitative estimate of drug-likeness (QED) is 0.491. The smallest absolute Gasteiger partial charge is 0.268 e. The number of carbonyl (C=O) groups is 4. The van der Waals surface area contributed by atoms with Crippen LogP contribution in [-0.2, 0) is 16.1 Å². The van der Waals surface area contributed by atoms with Crippen LogP contribution in [-0.4, -0.2) is 41.2 Å². The fourth-order valence-electron chi connectivity index (χ4n) is 4.51. The number of fused-ring (bicyclic) bond motifs is 2. The molecule has 0 radical (unpaired) electrons. The molecule has 9 heteroatoms. The Hall–Kier alpha value is -4.53. The van der Waals surface area contributed by atoms with Gasteiger partial charge in [-0.15, -0.1) is 0 Å². The predicted molar refractivity (Wildman–Crippen MR) is 134 cm³/mol. The maximum atomic E-state index is 14.3. The van der Waals surface area contributed by atoms with E-state index in [2.05, 4.69) is 5.32 Å². The fraction of sp³-hybridized carbons (Fsp3) is 0.214. The van der Waals surface area contributed by atoms with Crippen molar-refractivity contribution in [3.05, 3.63) is 89.2 Å². The number of imide groups is 1. The molecule has 1 unspecified atom stereocenters. The maximum absolute atomic E-state index is 14.3. The molecule has 1 N–H and O–H groups in total. The van der Waals surface area contributed by atoms with Crippen LogP contribution in [0.5, 0.6) is 5.75 Å². The largest absolute Gasteiger partial charge is 0.479 e. The number of nitrogens with zero attached hydrogens (tertiary/aromatic N) is 2. The number of rotatable bonds is 7. The van der Waals surface area contributed by atoms with Crippen molar-refractivity contribution in [3.63, 3.8) is 0 Å². The summed E-state index contributed by atoms with van der Waals surface area (Å²) in [4.78, 5) is 53.0. The molecule has 2 heterocycles. The molecule has 188 valence electrons. The highest BCUT2D eigenvalue weighted by Crippen LogP contribution is 2.37. The van der Waals surface area contributed by atoms with Crippen molar-refractivity contribution in [2.75, 3.05) is 16.8 Å². The molecule has 2 aliphatic heterocycles. The van der Waals surface area contributed by atoms with Crippen LogP contribution in [0.2, 0.25) is 0 Å². The first-order chi connectivity index (χ1) is 17.8. The van der Waals surface area contributed by atoms with Crippen molar-refractivity contribution < 1.29 is 28.3 Å². The second kappa shape index (κ2) is 9.85. The van der Waals surface area contributed by atoms with Crippen molar-refractivity contribution in [2.45, 2.75) is 32.4 Å². The van der Waals surface area contributed by atoms with Gasteiger partial charge in [-0.2, -0.15) is 0 Å². The van der Waals surface area contributed by atoms with E-state index >= 15 is 0 Å². The highest BCUT2D eigenvalue weighted by atomic mass is 19.1. The molecule has 0 saturated carbocycles. The highest BCUT2D eigenvalue weighted by molar-refractivity contribution is 6.21. The molecule has 0 saturated heterocycles. The van der Waals surface area contributed by atoms with Crippen molar-refractivity contribution >= 4 is 35.0 Å². The summed E-state index contributed by atoms with van der Waals surface area (Å²) in [5, 5.41) is 2.78. The second-order valence-corrected chi connectivity index (χ2v) is 8.92. The third-order valence-corrected chi connectivity index (χ3v) is 6.40. The molecule has 0 aliphatic carbocycles. The normalized spacial score (nSPS) is 16.4. The van der Waals surface area contributed by atoms with Gasteiger partial charge in [0, 0.05) is 24.2 Å². The Kier molecular flexibility index (Phi) is 6.43. The van der Waals surface area contributed by atoms with Gasteiger partial charge in [0.25, 0.3) is 17.7 Å².